The van der Waals surface area contributed by atoms with Crippen molar-refractivity contribution in [1.29, 1.82) is 0 Å². The van der Waals surface area contributed by atoms with Crippen molar-refractivity contribution in [3.8, 4) is 11.5 Å². The largest absolute Gasteiger partial charge is 0.454 e. The zero-order valence-corrected chi connectivity index (χ0v) is 8.57. The van der Waals surface area contributed by atoms with Crippen molar-refractivity contribution in [2.75, 3.05) is 6.79 Å². The van der Waals surface area contributed by atoms with E-state index in [-0.39, 0.29) is 6.79 Å². The summed E-state index contributed by atoms with van der Waals surface area (Å²) in [5.41, 5.74) is 0.498. The maximum absolute atomic E-state index is 12.0. The van der Waals surface area contributed by atoms with Gasteiger partial charge in [0.15, 0.2) is 17.6 Å². The molecule has 0 bridgehead atoms. The predicted molar refractivity (Wildman–Crippen MR) is 53.7 cm³/mol. The van der Waals surface area contributed by atoms with Crippen LogP contribution in [0.25, 0.3) is 6.08 Å². The molecule has 0 fully saturated rings. The van der Waals surface area contributed by atoms with E-state index in [0.717, 1.165) is 0 Å². The minimum absolute atomic E-state index is 0.105. The molecule has 0 aliphatic carbocycles. The topological polar surface area (TPSA) is 38.7 Å². The standard InChI is InChI=1S/C11H9F3O3/c12-11(13,14)10(15)4-2-7-1-3-8-9(5-7)17-6-16-8/h1-5,10,15H,6H2/b4-2+. The Morgan fingerprint density at radius 3 is 2.65 bits per heavy atom. The summed E-state index contributed by atoms with van der Waals surface area (Å²) in [5, 5.41) is 8.77. The van der Waals surface area contributed by atoms with E-state index >= 15 is 0 Å². The van der Waals surface area contributed by atoms with Crippen molar-refractivity contribution in [3.63, 3.8) is 0 Å². The van der Waals surface area contributed by atoms with Crippen LogP contribution in [0.15, 0.2) is 24.3 Å². The molecular formula is C11H9F3O3. The van der Waals surface area contributed by atoms with Gasteiger partial charge in [0.1, 0.15) is 0 Å². The second kappa shape index (κ2) is 4.29. The molecule has 0 aromatic heterocycles. The van der Waals surface area contributed by atoms with Crippen molar-refractivity contribution in [2.45, 2.75) is 12.3 Å². The molecule has 0 spiro atoms. The molecule has 1 atom stereocenters. The zero-order chi connectivity index (χ0) is 12.5. The van der Waals surface area contributed by atoms with Crippen molar-refractivity contribution < 1.29 is 27.8 Å². The number of ether oxygens (including phenoxy) is 2. The predicted octanol–water partition coefficient (Wildman–Crippen LogP) is 2.35. The smallest absolute Gasteiger partial charge is 0.417 e. The first-order valence-corrected chi connectivity index (χ1v) is 4.79. The number of hydrogen-bond donors (Lipinski definition) is 1. The first-order valence-electron chi connectivity index (χ1n) is 4.79. The molecule has 1 aliphatic rings. The highest BCUT2D eigenvalue weighted by Crippen LogP contribution is 2.33. The number of benzene rings is 1. The molecule has 0 amide bonds. The molecule has 1 aliphatic heterocycles. The van der Waals surface area contributed by atoms with Gasteiger partial charge >= 0.3 is 6.18 Å². The molecule has 92 valence electrons. The van der Waals surface area contributed by atoms with Crippen molar-refractivity contribution in [1.82, 2.24) is 0 Å². The molecule has 17 heavy (non-hydrogen) atoms. The van der Waals surface area contributed by atoms with E-state index in [4.69, 9.17) is 14.6 Å². The molecule has 1 N–H and O–H groups in total. The van der Waals surface area contributed by atoms with E-state index in [2.05, 4.69) is 0 Å². The fraction of sp³-hybridized carbons (Fsp3) is 0.273. The molecular weight excluding hydrogens is 237 g/mol. The average molecular weight is 246 g/mol. The highest BCUT2D eigenvalue weighted by atomic mass is 19.4. The maximum atomic E-state index is 12.0. The summed E-state index contributed by atoms with van der Waals surface area (Å²) in [6, 6.07) is 4.72. The summed E-state index contributed by atoms with van der Waals surface area (Å²) < 4.78 is 46.2. The Balaban J connectivity index is 2.12. The van der Waals surface area contributed by atoms with E-state index < -0.39 is 12.3 Å². The van der Waals surface area contributed by atoms with Crippen LogP contribution in [0.3, 0.4) is 0 Å². The highest BCUT2D eigenvalue weighted by Gasteiger charge is 2.36. The van der Waals surface area contributed by atoms with Gasteiger partial charge in [0.2, 0.25) is 6.79 Å². The van der Waals surface area contributed by atoms with Gasteiger partial charge in [0, 0.05) is 0 Å². The van der Waals surface area contributed by atoms with Gasteiger partial charge in [-0.2, -0.15) is 13.2 Å². The quantitative estimate of drug-likeness (QED) is 0.870. The second-order valence-electron chi connectivity index (χ2n) is 3.46. The van der Waals surface area contributed by atoms with Crippen LogP contribution in [0.1, 0.15) is 5.56 Å². The van der Waals surface area contributed by atoms with Crippen LogP contribution in [0, 0.1) is 0 Å². The molecule has 1 unspecified atom stereocenters. The maximum Gasteiger partial charge on any atom is 0.417 e. The molecule has 6 heteroatoms. The van der Waals surface area contributed by atoms with E-state index in [1.807, 2.05) is 0 Å². The number of aliphatic hydroxyl groups is 1. The third-order valence-electron chi connectivity index (χ3n) is 2.20. The summed E-state index contributed by atoms with van der Waals surface area (Å²) >= 11 is 0. The van der Waals surface area contributed by atoms with Gasteiger partial charge in [-0.3, -0.25) is 0 Å². The van der Waals surface area contributed by atoms with Gasteiger partial charge in [0.25, 0.3) is 0 Å². The van der Waals surface area contributed by atoms with Gasteiger partial charge in [-0.1, -0.05) is 12.1 Å². The van der Waals surface area contributed by atoms with Gasteiger partial charge in [-0.25, -0.2) is 0 Å². The number of aliphatic hydroxyl groups excluding tert-OH is 1. The molecule has 0 radical (unpaired) electrons. The van der Waals surface area contributed by atoms with Crippen LogP contribution < -0.4 is 9.47 Å². The minimum atomic E-state index is -4.65. The Morgan fingerprint density at radius 1 is 1.24 bits per heavy atom. The fourth-order valence-corrected chi connectivity index (χ4v) is 1.33. The number of rotatable bonds is 2. The van der Waals surface area contributed by atoms with Crippen LogP contribution in [0.5, 0.6) is 11.5 Å². The zero-order valence-electron chi connectivity index (χ0n) is 8.57. The number of fused-ring (bicyclic) bond motifs is 1. The summed E-state index contributed by atoms with van der Waals surface area (Å²) in [6.07, 6.45) is -5.25. The first kappa shape index (κ1) is 11.8. The Kier molecular flexibility index (Phi) is 2.97. The Hall–Kier alpha value is -1.69. The lowest BCUT2D eigenvalue weighted by atomic mass is 10.1. The number of alkyl halides is 3. The summed E-state index contributed by atoms with van der Waals surface area (Å²) in [6.45, 7) is 0.105. The van der Waals surface area contributed by atoms with Crippen molar-refractivity contribution in [2.24, 2.45) is 0 Å². The monoisotopic (exact) mass is 246 g/mol. The molecule has 3 nitrogen and oxygen atoms in total. The third-order valence-corrected chi connectivity index (χ3v) is 2.20. The van der Waals surface area contributed by atoms with E-state index in [0.29, 0.717) is 23.1 Å². The van der Waals surface area contributed by atoms with Crippen LogP contribution in [-0.4, -0.2) is 24.2 Å². The number of halogens is 3. The number of hydrogen-bond acceptors (Lipinski definition) is 3. The average Bonchev–Trinajstić information content (AvgIpc) is 2.71. The normalized spacial score (nSPS) is 16.5. The Morgan fingerprint density at radius 2 is 1.94 bits per heavy atom. The van der Waals surface area contributed by atoms with Gasteiger partial charge in [0.05, 0.1) is 0 Å². The Labute approximate surface area is 95.1 Å². The summed E-state index contributed by atoms with van der Waals surface area (Å²) in [5.74, 6) is 1.03. The molecule has 2 rings (SSSR count). The van der Waals surface area contributed by atoms with Crippen molar-refractivity contribution in [3.05, 3.63) is 29.8 Å². The highest BCUT2D eigenvalue weighted by molar-refractivity contribution is 5.56. The van der Waals surface area contributed by atoms with Crippen LogP contribution in [-0.2, 0) is 0 Å². The summed E-state index contributed by atoms with van der Waals surface area (Å²) in [7, 11) is 0. The van der Waals surface area contributed by atoms with Crippen LogP contribution in [0.4, 0.5) is 13.2 Å². The molecule has 1 aromatic rings. The lowest BCUT2D eigenvalue weighted by Gasteiger charge is -2.09. The minimum Gasteiger partial charge on any atom is -0.454 e. The molecule has 0 saturated heterocycles. The second-order valence-corrected chi connectivity index (χ2v) is 3.46. The first-order chi connectivity index (χ1) is 7.97. The SMILES string of the molecule is OC(/C=C/c1ccc2c(c1)OCO2)C(F)(F)F. The van der Waals surface area contributed by atoms with Gasteiger partial charge in [-0.05, 0) is 23.8 Å². The Bertz CT molecular complexity index is 440. The van der Waals surface area contributed by atoms with Crippen LogP contribution in [0.2, 0.25) is 0 Å². The third kappa shape index (κ3) is 2.71. The summed E-state index contributed by atoms with van der Waals surface area (Å²) in [4.78, 5) is 0. The lowest BCUT2D eigenvalue weighted by Crippen LogP contribution is -2.25. The molecule has 1 aromatic carbocycles. The van der Waals surface area contributed by atoms with Crippen molar-refractivity contribution >= 4 is 6.08 Å². The van der Waals surface area contributed by atoms with E-state index in [1.165, 1.54) is 6.08 Å². The van der Waals surface area contributed by atoms with Gasteiger partial charge < -0.3 is 14.6 Å². The van der Waals surface area contributed by atoms with E-state index in [1.54, 1.807) is 18.2 Å². The van der Waals surface area contributed by atoms with E-state index in [9.17, 15) is 13.2 Å². The molecule has 1 heterocycles. The molecule has 0 saturated carbocycles. The van der Waals surface area contributed by atoms with Gasteiger partial charge in [-0.15, -0.1) is 0 Å². The lowest BCUT2D eigenvalue weighted by molar-refractivity contribution is -0.187. The van der Waals surface area contributed by atoms with Crippen LogP contribution >= 0.6 is 0 Å². The fourth-order valence-electron chi connectivity index (χ4n) is 1.33.